The first-order valence-corrected chi connectivity index (χ1v) is 12.4. The molecule has 1 heterocycles. The van der Waals surface area contributed by atoms with Crippen molar-refractivity contribution in [1.82, 2.24) is 15.5 Å². The molecule has 2 rings (SSSR count). The smallest absolute Gasteiger partial charge is 0.327 e. The zero-order valence-corrected chi connectivity index (χ0v) is 20.9. The normalized spacial score (nSPS) is 17.5. The third kappa shape index (κ3) is 8.72. The van der Waals surface area contributed by atoms with Crippen LogP contribution in [0.4, 0.5) is 0 Å². The second kappa shape index (κ2) is 14.3. The summed E-state index contributed by atoms with van der Waals surface area (Å²) in [5, 5.41) is 14.4. The second-order valence-corrected chi connectivity index (χ2v) is 8.94. The number of rotatable bonds is 13. The standard InChI is InChI=1S/C23H35N7O5S/c24-15(12-14-6-2-1-3-7-14)19(31)28-16(8-4-10-27-23(25)26)21(33)30-11-5-9-18(30)20(32)29-17(13-36)22(34)35/h1-3,6-7,15-18,36H,4-5,8-13,24H2,(H,28,31)(H,29,32)(H,34,35)(H4,25,26,27). The Balaban J connectivity index is 2.12. The van der Waals surface area contributed by atoms with E-state index in [2.05, 4.69) is 28.3 Å². The van der Waals surface area contributed by atoms with Gasteiger partial charge in [0.25, 0.3) is 0 Å². The number of hydrogen-bond donors (Lipinski definition) is 7. The molecule has 9 N–H and O–H groups in total. The summed E-state index contributed by atoms with van der Waals surface area (Å²) >= 11 is 3.96. The van der Waals surface area contributed by atoms with Crippen molar-refractivity contribution in [2.24, 2.45) is 22.2 Å². The van der Waals surface area contributed by atoms with E-state index in [1.807, 2.05) is 30.3 Å². The summed E-state index contributed by atoms with van der Waals surface area (Å²) in [5.41, 5.74) is 17.7. The number of carbonyl (C=O) groups excluding carboxylic acids is 3. The van der Waals surface area contributed by atoms with E-state index in [-0.39, 0.29) is 31.1 Å². The molecule has 0 saturated carbocycles. The molecule has 0 bridgehead atoms. The van der Waals surface area contributed by atoms with Gasteiger partial charge in [0.2, 0.25) is 17.7 Å². The number of amides is 3. The molecule has 4 atom stereocenters. The molecule has 198 valence electrons. The topological polar surface area (TPSA) is 206 Å². The molecule has 1 saturated heterocycles. The number of aliphatic imine (C=N–C) groups is 1. The van der Waals surface area contributed by atoms with Crippen LogP contribution in [0.15, 0.2) is 35.3 Å². The lowest BCUT2D eigenvalue weighted by molar-refractivity contribution is -0.144. The van der Waals surface area contributed by atoms with Crippen molar-refractivity contribution in [3.8, 4) is 0 Å². The van der Waals surface area contributed by atoms with Gasteiger partial charge in [0.05, 0.1) is 6.04 Å². The number of nitrogens with two attached hydrogens (primary N) is 3. The molecule has 36 heavy (non-hydrogen) atoms. The van der Waals surface area contributed by atoms with Crippen molar-refractivity contribution in [3.63, 3.8) is 0 Å². The van der Waals surface area contributed by atoms with E-state index in [0.29, 0.717) is 25.8 Å². The third-order valence-electron chi connectivity index (χ3n) is 5.83. The fourth-order valence-electron chi connectivity index (χ4n) is 3.96. The number of carboxylic acids is 1. The Morgan fingerprint density at radius 2 is 1.83 bits per heavy atom. The van der Waals surface area contributed by atoms with Gasteiger partial charge in [-0.15, -0.1) is 0 Å². The van der Waals surface area contributed by atoms with Crippen molar-refractivity contribution in [3.05, 3.63) is 35.9 Å². The molecule has 1 aliphatic heterocycles. The van der Waals surface area contributed by atoms with Crippen LogP contribution in [0.5, 0.6) is 0 Å². The van der Waals surface area contributed by atoms with E-state index >= 15 is 0 Å². The molecule has 4 unspecified atom stereocenters. The molecule has 0 radical (unpaired) electrons. The van der Waals surface area contributed by atoms with Crippen LogP contribution in [0.2, 0.25) is 0 Å². The Labute approximate surface area is 215 Å². The van der Waals surface area contributed by atoms with Crippen molar-refractivity contribution in [2.45, 2.75) is 56.3 Å². The zero-order chi connectivity index (χ0) is 26.7. The lowest BCUT2D eigenvalue weighted by Gasteiger charge is -2.30. The highest BCUT2D eigenvalue weighted by Gasteiger charge is 2.38. The van der Waals surface area contributed by atoms with Crippen molar-refractivity contribution >= 4 is 42.3 Å². The number of carboxylic acid groups (broad SMARTS) is 1. The Kier molecular flexibility index (Phi) is 11.5. The Morgan fingerprint density at radius 3 is 2.44 bits per heavy atom. The van der Waals surface area contributed by atoms with Crippen molar-refractivity contribution in [1.29, 1.82) is 0 Å². The summed E-state index contributed by atoms with van der Waals surface area (Å²) in [4.78, 5) is 55.7. The third-order valence-corrected chi connectivity index (χ3v) is 6.20. The highest BCUT2D eigenvalue weighted by Crippen LogP contribution is 2.20. The summed E-state index contributed by atoms with van der Waals surface area (Å²) in [6, 6.07) is 5.39. The van der Waals surface area contributed by atoms with Crippen LogP contribution in [-0.2, 0) is 25.6 Å². The maximum Gasteiger partial charge on any atom is 0.327 e. The van der Waals surface area contributed by atoms with Gasteiger partial charge in [-0.3, -0.25) is 19.4 Å². The van der Waals surface area contributed by atoms with Crippen LogP contribution in [0.1, 0.15) is 31.2 Å². The number of thiol groups is 1. The van der Waals surface area contributed by atoms with Gasteiger partial charge in [0.1, 0.15) is 18.1 Å². The summed E-state index contributed by atoms with van der Waals surface area (Å²) in [7, 11) is 0. The molecule has 1 aliphatic rings. The summed E-state index contributed by atoms with van der Waals surface area (Å²) in [6.45, 7) is 0.552. The molecular weight excluding hydrogens is 486 g/mol. The van der Waals surface area contributed by atoms with Crippen LogP contribution >= 0.6 is 12.6 Å². The zero-order valence-electron chi connectivity index (χ0n) is 20.0. The minimum Gasteiger partial charge on any atom is -0.480 e. The van der Waals surface area contributed by atoms with Gasteiger partial charge < -0.3 is 37.8 Å². The predicted molar refractivity (Wildman–Crippen MR) is 138 cm³/mol. The molecule has 0 spiro atoms. The van der Waals surface area contributed by atoms with Gasteiger partial charge in [0.15, 0.2) is 5.96 Å². The molecule has 13 heteroatoms. The van der Waals surface area contributed by atoms with Crippen LogP contribution in [0.3, 0.4) is 0 Å². The minimum atomic E-state index is -1.22. The van der Waals surface area contributed by atoms with E-state index in [4.69, 9.17) is 17.2 Å². The Hall–Kier alpha value is -3.32. The first-order chi connectivity index (χ1) is 17.1. The van der Waals surface area contributed by atoms with Crippen molar-refractivity contribution < 1.29 is 24.3 Å². The van der Waals surface area contributed by atoms with Gasteiger partial charge in [0, 0.05) is 18.8 Å². The average Bonchev–Trinajstić information content (AvgIpc) is 3.34. The van der Waals surface area contributed by atoms with Gasteiger partial charge in [-0.1, -0.05) is 30.3 Å². The summed E-state index contributed by atoms with van der Waals surface area (Å²) < 4.78 is 0. The van der Waals surface area contributed by atoms with E-state index in [0.717, 1.165) is 5.56 Å². The lowest BCUT2D eigenvalue weighted by Crippen LogP contribution is -2.57. The summed E-state index contributed by atoms with van der Waals surface area (Å²) in [5.74, 6) is -2.92. The minimum absolute atomic E-state index is 0.0831. The van der Waals surface area contributed by atoms with E-state index < -0.39 is 47.9 Å². The monoisotopic (exact) mass is 521 g/mol. The van der Waals surface area contributed by atoms with Crippen LogP contribution in [0, 0.1) is 0 Å². The number of aliphatic carboxylic acids is 1. The molecule has 0 aromatic heterocycles. The van der Waals surface area contributed by atoms with E-state index in [9.17, 15) is 24.3 Å². The molecule has 1 aromatic rings. The predicted octanol–water partition coefficient (Wildman–Crippen LogP) is -1.41. The van der Waals surface area contributed by atoms with Gasteiger partial charge >= 0.3 is 5.97 Å². The van der Waals surface area contributed by atoms with Gasteiger partial charge in [-0.25, -0.2) is 4.79 Å². The Morgan fingerprint density at radius 1 is 1.14 bits per heavy atom. The highest BCUT2D eigenvalue weighted by molar-refractivity contribution is 7.80. The van der Waals surface area contributed by atoms with Crippen LogP contribution in [0.25, 0.3) is 0 Å². The first-order valence-electron chi connectivity index (χ1n) is 11.7. The van der Waals surface area contributed by atoms with Crippen molar-refractivity contribution in [2.75, 3.05) is 18.8 Å². The molecule has 0 aliphatic carbocycles. The lowest BCUT2D eigenvalue weighted by atomic mass is 10.0. The summed E-state index contributed by atoms with van der Waals surface area (Å²) in [6.07, 6.45) is 1.84. The number of nitrogens with zero attached hydrogens (tertiary/aromatic N) is 2. The molecular formula is C23H35N7O5S. The quantitative estimate of drug-likeness (QED) is 0.0708. The largest absolute Gasteiger partial charge is 0.480 e. The van der Waals surface area contributed by atoms with Gasteiger partial charge in [-0.05, 0) is 37.7 Å². The van der Waals surface area contributed by atoms with Crippen LogP contribution in [-0.4, -0.2) is 82.7 Å². The number of likely N-dealkylation sites (tertiary alicyclic amines) is 1. The second-order valence-electron chi connectivity index (χ2n) is 8.58. The average molecular weight is 522 g/mol. The molecule has 12 nitrogen and oxygen atoms in total. The number of hydrogen-bond acceptors (Lipinski definition) is 7. The van der Waals surface area contributed by atoms with Gasteiger partial charge in [-0.2, -0.15) is 12.6 Å². The Bertz CT molecular complexity index is 942. The van der Waals surface area contributed by atoms with E-state index in [1.54, 1.807) is 0 Å². The fourth-order valence-corrected chi connectivity index (χ4v) is 4.20. The highest BCUT2D eigenvalue weighted by atomic mass is 32.1. The molecule has 3 amide bonds. The van der Waals surface area contributed by atoms with Crippen LogP contribution < -0.4 is 27.8 Å². The maximum atomic E-state index is 13.5. The molecule has 1 fully saturated rings. The molecule has 1 aromatic carbocycles. The SMILES string of the molecule is NC(N)=NCCCC(NC(=O)C(N)Cc1ccccc1)C(=O)N1CCCC1C(=O)NC(CS)C(=O)O. The van der Waals surface area contributed by atoms with E-state index in [1.165, 1.54) is 4.90 Å². The fraction of sp³-hybridized carbons (Fsp3) is 0.522. The first kappa shape index (κ1) is 28.9. The number of nitrogens with one attached hydrogen (secondary N) is 2. The number of carbonyl (C=O) groups is 4. The maximum absolute atomic E-state index is 13.5. The number of guanidine groups is 1. The number of benzene rings is 1.